The summed E-state index contributed by atoms with van der Waals surface area (Å²) in [6, 6.07) is 10.7. The third-order valence-corrected chi connectivity index (χ3v) is 5.54. The van der Waals surface area contributed by atoms with Gasteiger partial charge in [-0.05, 0) is 43.5 Å². The van der Waals surface area contributed by atoms with Crippen LogP contribution in [-0.2, 0) is 16.1 Å². The maximum absolute atomic E-state index is 13.2. The molecule has 0 spiro atoms. The van der Waals surface area contributed by atoms with Gasteiger partial charge in [0.2, 0.25) is 5.91 Å². The number of furan rings is 1. The summed E-state index contributed by atoms with van der Waals surface area (Å²) in [6.45, 7) is 2.37. The number of benzene rings is 1. The first-order chi connectivity index (χ1) is 14.1. The van der Waals surface area contributed by atoms with E-state index in [1.165, 1.54) is 13.5 Å². The molecule has 0 radical (unpaired) electrons. The summed E-state index contributed by atoms with van der Waals surface area (Å²) in [5, 5.41) is 3.24. The molecule has 1 fully saturated rings. The number of carbonyl (C=O) groups is 2. The van der Waals surface area contributed by atoms with Crippen molar-refractivity contribution >= 4 is 17.6 Å². The summed E-state index contributed by atoms with van der Waals surface area (Å²) in [6.07, 6.45) is 7.82. The van der Waals surface area contributed by atoms with Crippen molar-refractivity contribution in [2.45, 2.75) is 64.1 Å². The average molecular weight is 399 g/mol. The third kappa shape index (κ3) is 5.19. The Hall–Kier alpha value is -2.76. The van der Waals surface area contributed by atoms with Gasteiger partial charge in [-0.1, -0.05) is 38.3 Å². The molecule has 0 aliphatic heterocycles. The standard InChI is InChI=1S/C23H30N2O4/c1-3-20(22(26)24-17-10-5-4-6-11-17)25(16-18-12-9-15-29-18)21-14-8-7-13-19(21)23(27)28-2/h7-9,12-15,17,20H,3-6,10-11,16H2,1-2H3,(H,24,26). The summed E-state index contributed by atoms with van der Waals surface area (Å²) >= 11 is 0. The second kappa shape index (κ2) is 10.1. The Kier molecular flexibility index (Phi) is 7.33. The van der Waals surface area contributed by atoms with Crippen LogP contribution in [0.15, 0.2) is 47.1 Å². The van der Waals surface area contributed by atoms with Crippen molar-refractivity contribution in [3.8, 4) is 0 Å². The summed E-state index contributed by atoms with van der Waals surface area (Å²) in [4.78, 5) is 27.6. The summed E-state index contributed by atoms with van der Waals surface area (Å²) in [5.74, 6) is 0.298. The van der Waals surface area contributed by atoms with E-state index in [0.29, 0.717) is 24.2 Å². The van der Waals surface area contributed by atoms with Gasteiger partial charge in [0.15, 0.2) is 0 Å². The van der Waals surface area contributed by atoms with Gasteiger partial charge in [-0.2, -0.15) is 0 Å². The number of nitrogens with one attached hydrogen (secondary N) is 1. The first kappa shape index (κ1) is 21.0. The van der Waals surface area contributed by atoms with E-state index >= 15 is 0 Å². The molecule has 1 aliphatic rings. The Balaban J connectivity index is 1.91. The van der Waals surface area contributed by atoms with E-state index in [9.17, 15) is 9.59 Å². The van der Waals surface area contributed by atoms with Crippen LogP contribution in [0.1, 0.15) is 61.6 Å². The predicted molar refractivity (Wildman–Crippen MR) is 112 cm³/mol. The van der Waals surface area contributed by atoms with E-state index in [1.54, 1.807) is 18.4 Å². The van der Waals surface area contributed by atoms with Crippen LogP contribution in [0.25, 0.3) is 0 Å². The number of carbonyl (C=O) groups excluding carboxylic acids is 2. The van der Waals surface area contributed by atoms with Gasteiger partial charge in [-0.15, -0.1) is 0 Å². The number of methoxy groups -OCH3 is 1. The molecular formula is C23H30N2O4. The third-order valence-electron chi connectivity index (χ3n) is 5.54. The van der Waals surface area contributed by atoms with Crippen molar-refractivity contribution in [3.05, 3.63) is 54.0 Å². The van der Waals surface area contributed by atoms with Crippen LogP contribution in [0.5, 0.6) is 0 Å². The quantitative estimate of drug-likeness (QED) is 0.671. The Morgan fingerprint density at radius 2 is 1.93 bits per heavy atom. The van der Waals surface area contributed by atoms with E-state index < -0.39 is 12.0 Å². The average Bonchev–Trinajstić information content (AvgIpc) is 3.27. The van der Waals surface area contributed by atoms with Crippen LogP contribution in [-0.4, -0.2) is 31.1 Å². The monoisotopic (exact) mass is 398 g/mol. The molecule has 1 N–H and O–H groups in total. The highest BCUT2D eigenvalue weighted by Crippen LogP contribution is 2.27. The largest absolute Gasteiger partial charge is 0.467 e. The fraction of sp³-hybridized carbons (Fsp3) is 0.478. The normalized spacial score (nSPS) is 15.5. The Morgan fingerprint density at radius 1 is 1.17 bits per heavy atom. The van der Waals surface area contributed by atoms with E-state index in [4.69, 9.17) is 9.15 Å². The predicted octanol–water partition coefficient (Wildman–Crippen LogP) is 4.30. The van der Waals surface area contributed by atoms with Crippen molar-refractivity contribution in [2.24, 2.45) is 0 Å². The first-order valence-electron chi connectivity index (χ1n) is 10.4. The van der Waals surface area contributed by atoms with Crippen LogP contribution in [0.3, 0.4) is 0 Å². The van der Waals surface area contributed by atoms with Crippen LogP contribution in [0.4, 0.5) is 5.69 Å². The van der Waals surface area contributed by atoms with E-state index in [1.807, 2.05) is 36.1 Å². The van der Waals surface area contributed by atoms with Crippen LogP contribution in [0, 0.1) is 0 Å². The zero-order valence-corrected chi connectivity index (χ0v) is 17.2. The molecule has 1 aromatic heterocycles. The molecule has 0 saturated heterocycles. The van der Waals surface area contributed by atoms with E-state index in [0.717, 1.165) is 31.4 Å². The lowest BCUT2D eigenvalue weighted by Gasteiger charge is -2.34. The van der Waals surface area contributed by atoms with Gasteiger partial charge in [0.25, 0.3) is 0 Å². The van der Waals surface area contributed by atoms with E-state index in [2.05, 4.69) is 5.32 Å². The number of esters is 1. The van der Waals surface area contributed by atoms with Crippen molar-refractivity contribution in [2.75, 3.05) is 12.0 Å². The fourth-order valence-electron chi connectivity index (χ4n) is 4.03. The molecule has 1 amide bonds. The molecule has 6 nitrogen and oxygen atoms in total. The lowest BCUT2D eigenvalue weighted by molar-refractivity contribution is -0.123. The smallest absolute Gasteiger partial charge is 0.339 e. The molecule has 1 atom stereocenters. The van der Waals surface area contributed by atoms with Gasteiger partial charge in [-0.25, -0.2) is 4.79 Å². The molecule has 156 valence electrons. The molecule has 1 saturated carbocycles. The molecular weight excluding hydrogens is 368 g/mol. The zero-order chi connectivity index (χ0) is 20.6. The number of anilines is 1. The number of amides is 1. The first-order valence-corrected chi connectivity index (χ1v) is 10.4. The molecule has 2 aromatic rings. The number of para-hydroxylation sites is 1. The summed E-state index contributed by atoms with van der Waals surface area (Å²) < 4.78 is 10.5. The van der Waals surface area contributed by atoms with Gasteiger partial charge >= 0.3 is 5.97 Å². The number of hydrogen-bond acceptors (Lipinski definition) is 5. The van der Waals surface area contributed by atoms with Gasteiger partial charge in [0, 0.05) is 6.04 Å². The number of ether oxygens (including phenoxy) is 1. The summed E-state index contributed by atoms with van der Waals surface area (Å²) in [7, 11) is 1.36. The summed E-state index contributed by atoms with van der Waals surface area (Å²) in [5.41, 5.74) is 1.10. The van der Waals surface area contributed by atoms with E-state index in [-0.39, 0.29) is 11.9 Å². The van der Waals surface area contributed by atoms with Crippen LogP contribution in [0.2, 0.25) is 0 Å². The van der Waals surface area contributed by atoms with Crippen LogP contribution < -0.4 is 10.2 Å². The second-order valence-corrected chi connectivity index (χ2v) is 7.48. The Morgan fingerprint density at radius 3 is 2.59 bits per heavy atom. The topological polar surface area (TPSA) is 71.8 Å². The molecule has 1 aromatic carbocycles. The van der Waals surface area contributed by atoms with Gasteiger partial charge in [-0.3, -0.25) is 4.79 Å². The van der Waals surface area contributed by atoms with Crippen molar-refractivity contribution < 1.29 is 18.7 Å². The lowest BCUT2D eigenvalue weighted by atomic mass is 9.95. The molecule has 29 heavy (non-hydrogen) atoms. The second-order valence-electron chi connectivity index (χ2n) is 7.48. The minimum Gasteiger partial charge on any atom is -0.467 e. The Labute approximate surface area is 172 Å². The van der Waals surface area contributed by atoms with Crippen molar-refractivity contribution in [3.63, 3.8) is 0 Å². The zero-order valence-electron chi connectivity index (χ0n) is 17.2. The maximum Gasteiger partial charge on any atom is 0.339 e. The molecule has 1 unspecified atom stereocenters. The highest BCUT2D eigenvalue weighted by atomic mass is 16.5. The minimum absolute atomic E-state index is 0.00868. The highest BCUT2D eigenvalue weighted by molar-refractivity contribution is 5.97. The van der Waals surface area contributed by atoms with Gasteiger partial charge < -0.3 is 19.4 Å². The molecule has 1 heterocycles. The van der Waals surface area contributed by atoms with Gasteiger partial charge in [0.1, 0.15) is 11.8 Å². The molecule has 1 aliphatic carbocycles. The highest BCUT2D eigenvalue weighted by Gasteiger charge is 2.30. The SMILES string of the molecule is CCC(C(=O)NC1CCCCC1)N(Cc1ccco1)c1ccccc1C(=O)OC. The van der Waals surface area contributed by atoms with Crippen molar-refractivity contribution in [1.29, 1.82) is 0 Å². The minimum atomic E-state index is -0.424. The van der Waals surface area contributed by atoms with Crippen molar-refractivity contribution in [1.82, 2.24) is 5.32 Å². The number of nitrogens with zero attached hydrogens (tertiary/aromatic N) is 1. The lowest BCUT2D eigenvalue weighted by Crippen LogP contribution is -2.50. The molecule has 6 heteroatoms. The Bertz CT molecular complexity index is 797. The van der Waals surface area contributed by atoms with Crippen LogP contribution >= 0.6 is 0 Å². The molecule has 3 rings (SSSR count). The molecule has 0 bridgehead atoms. The maximum atomic E-state index is 13.2. The fourth-order valence-corrected chi connectivity index (χ4v) is 4.03. The van der Waals surface area contributed by atoms with Gasteiger partial charge in [0.05, 0.1) is 31.2 Å². The number of rotatable bonds is 8. The number of hydrogen-bond donors (Lipinski definition) is 1.